The van der Waals surface area contributed by atoms with E-state index in [2.05, 4.69) is 0 Å². The highest BCUT2D eigenvalue weighted by molar-refractivity contribution is 6.24. The lowest BCUT2D eigenvalue weighted by atomic mass is 9.98. The Balaban J connectivity index is 1.95. The van der Waals surface area contributed by atoms with Crippen molar-refractivity contribution in [2.24, 2.45) is 5.73 Å². The number of hydrogen-bond donors (Lipinski definition) is 1. The lowest BCUT2D eigenvalue weighted by molar-refractivity contribution is -0.117. The summed E-state index contributed by atoms with van der Waals surface area (Å²) in [5, 5.41) is 0. The summed E-state index contributed by atoms with van der Waals surface area (Å²) in [6, 6.07) is 14.7. The molecule has 1 aliphatic heterocycles. The molecule has 0 bridgehead atoms. The molecule has 0 fully saturated rings. The van der Waals surface area contributed by atoms with Crippen molar-refractivity contribution in [2.45, 2.75) is 12.8 Å². The van der Waals surface area contributed by atoms with Crippen molar-refractivity contribution in [3.8, 4) is 0 Å². The third-order valence-corrected chi connectivity index (χ3v) is 3.67. The molecule has 1 aliphatic rings. The van der Waals surface area contributed by atoms with Gasteiger partial charge in [-0.25, -0.2) is 4.90 Å². The van der Waals surface area contributed by atoms with E-state index in [-0.39, 0.29) is 18.2 Å². The molecule has 0 aliphatic carbocycles. The lowest BCUT2D eigenvalue weighted by Crippen LogP contribution is -2.42. The van der Waals surface area contributed by atoms with Crippen molar-refractivity contribution in [1.29, 1.82) is 0 Å². The van der Waals surface area contributed by atoms with Gasteiger partial charge in [-0.3, -0.25) is 9.59 Å². The van der Waals surface area contributed by atoms with E-state index in [1.165, 1.54) is 4.90 Å². The second-order valence-corrected chi connectivity index (χ2v) is 5.07. The van der Waals surface area contributed by atoms with Crippen LogP contribution < -0.4 is 10.6 Å². The third kappa shape index (κ3) is 2.45. The van der Waals surface area contributed by atoms with Crippen LogP contribution in [0.15, 0.2) is 48.5 Å². The Bertz CT molecular complexity index is 692. The van der Waals surface area contributed by atoms with Crippen molar-refractivity contribution in [1.82, 2.24) is 0 Å². The van der Waals surface area contributed by atoms with Crippen LogP contribution in [0, 0.1) is 0 Å². The molecule has 2 N–H and O–H groups in total. The van der Waals surface area contributed by atoms with E-state index in [4.69, 9.17) is 5.73 Å². The Morgan fingerprint density at radius 1 is 1.00 bits per heavy atom. The van der Waals surface area contributed by atoms with E-state index in [1.54, 1.807) is 18.2 Å². The van der Waals surface area contributed by atoms with Crippen molar-refractivity contribution in [3.63, 3.8) is 0 Å². The number of nitrogens with two attached hydrogens (primary N) is 1. The summed E-state index contributed by atoms with van der Waals surface area (Å²) in [5.41, 5.74) is 8.62. The van der Waals surface area contributed by atoms with E-state index in [0.717, 1.165) is 17.5 Å². The summed E-state index contributed by atoms with van der Waals surface area (Å²) in [6.45, 7) is 0.578. The zero-order valence-corrected chi connectivity index (χ0v) is 11.6. The Morgan fingerprint density at radius 3 is 2.43 bits per heavy atom. The van der Waals surface area contributed by atoms with Gasteiger partial charge in [0.1, 0.15) is 0 Å². The Labute approximate surface area is 123 Å². The van der Waals surface area contributed by atoms with Gasteiger partial charge in [-0.1, -0.05) is 30.3 Å². The van der Waals surface area contributed by atoms with Gasteiger partial charge in [-0.05, 0) is 42.3 Å². The minimum atomic E-state index is -0.256. The second kappa shape index (κ2) is 5.50. The summed E-state index contributed by atoms with van der Waals surface area (Å²) in [5.74, 6) is -0.446. The molecule has 1 heterocycles. The van der Waals surface area contributed by atoms with Crippen LogP contribution in [-0.4, -0.2) is 18.4 Å². The summed E-state index contributed by atoms with van der Waals surface area (Å²) in [4.78, 5) is 26.0. The maximum absolute atomic E-state index is 12.5. The summed E-state index contributed by atoms with van der Waals surface area (Å²) in [6.07, 6.45) is 1.04. The number of rotatable bonds is 3. The molecule has 0 saturated heterocycles. The van der Waals surface area contributed by atoms with Gasteiger partial charge >= 0.3 is 0 Å². The van der Waals surface area contributed by atoms with E-state index >= 15 is 0 Å². The van der Waals surface area contributed by atoms with Gasteiger partial charge in [0.2, 0.25) is 5.91 Å². The lowest BCUT2D eigenvalue weighted by Gasteiger charge is -2.26. The number of hydrogen-bond acceptors (Lipinski definition) is 3. The van der Waals surface area contributed by atoms with Crippen molar-refractivity contribution in [3.05, 3.63) is 65.2 Å². The maximum atomic E-state index is 12.5. The van der Waals surface area contributed by atoms with Gasteiger partial charge in [-0.2, -0.15) is 0 Å². The molecular formula is C17H16N2O2. The molecule has 4 heteroatoms. The molecule has 0 unspecified atom stereocenters. The molecule has 0 spiro atoms. The largest absolute Gasteiger partial charge is 0.330 e. The number of fused-ring (bicyclic) bond motifs is 1. The first-order valence-corrected chi connectivity index (χ1v) is 6.95. The van der Waals surface area contributed by atoms with Crippen LogP contribution in [-0.2, 0) is 17.6 Å². The van der Waals surface area contributed by atoms with Gasteiger partial charge in [-0.15, -0.1) is 0 Å². The first-order chi connectivity index (χ1) is 10.2. The molecular weight excluding hydrogens is 264 g/mol. The fourth-order valence-electron chi connectivity index (χ4n) is 2.60. The smallest absolute Gasteiger partial charge is 0.265 e. The highest BCUT2D eigenvalue weighted by atomic mass is 16.2. The van der Waals surface area contributed by atoms with Gasteiger partial charge in [0.05, 0.1) is 12.1 Å². The van der Waals surface area contributed by atoms with Crippen molar-refractivity contribution in [2.75, 3.05) is 11.4 Å². The number of benzene rings is 2. The average Bonchev–Trinajstić information content (AvgIpc) is 2.49. The predicted molar refractivity (Wildman–Crippen MR) is 81.2 cm³/mol. The summed E-state index contributed by atoms with van der Waals surface area (Å²) >= 11 is 0. The van der Waals surface area contributed by atoms with E-state index in [1.807, 2.05) is 30.3 Å². The first kappa shape index (κ1) is 13.5. The van der Waals surface area contributed by atoms with E-state index < -0.39 is 0 Å². The van der Waals surface area contributed by atoms with Crippen LogP contribution in [0.3, 0.4) is 0 Å². The number of amides is 2. The molecule has 0 atom stereocenters. The third-order valence-electron chi connectivity index (χ3n) is 3.67. The SMILES string of the molecule is NCCc1ccc(N2C(=O)Cc3ccccc3C2=O)cc1. The Morgan fingerprint density at radius 2 is 1.71 bits per heavy atom. The Kier molecular flexibility index (Phi) is 3.54. The summed E-state index contributed by atoms with van der Waals surface area (Å²) in [7, 11) is 0. The molecule has 106 valence electrons. The van der Waals surface area contributed by atoms with Crippen LogP contribution in [0.5, 0.6) is 0 Å². The van der Waals surface area contributed by atoms with Gasteiger partial charge in [0, 0.05) is 5.56 Å². The van der Waals surface area contributed by atoms with Crippen molar-refractivity contribution < 1.29 is 9.59 Å². The molecule has 21 heavy (non-hydrogen) atoms. The molecule has 0 aromatic heterocycles. The van der Waals surface area contributed by atoms with Crippen LogP contribution >= 0.6 is 0 Å². The number of imide groups is 1. The minimum Gasteiger partial charge on any atom is -0.330 e. The van der Waals surface area contributed by atoms with Crippen LogP contribution in [0.1, 0.15) is 21.5 Å². The molecule has 2 aromatic rings. The average molecular weight is 280 g/mol. The van der Waals surface area contributed by atoms with Gasteiger partial charge in [0.25, 0.3) is 5.91 Å². The highest BCUT2D eigenvalue weighted by Crippen LogP contribution is 2.25. The fourth-order valence-corrected chi connectivity index (χ4v) is 2.60. The van der Waals surface area contributed by atoms with Crippen LogP contribution in [0.25, 0.3) is 0 Å². The van der Waals surface area contributed by atoms with E-state index in [0.29, 0.717) is 17.8 Å². The molecule has 2 amide bonds. The molecule has 4 nitrogen and oxygen atoms in total. The first-order valence-electron chi connectivity index (χ1n) is 6.95. The second-order valence-electron chi connectivity index (χ2n) is 5.07. The zero-order valence-electron chi connectivity index (χ0n) is 11.6. The Hall–Kier alpha value is -2.46. The van der Waals surface area contributed by atoms with Crippen LogP contribution in [0.2, 0.25) is 0 Å². The van der Waals surface area contributed by atoms with Gasteiger partial charge in [0.15, 0.2) is 0 Å². The monoisotopic (exact) mass is 280 g/mol. The molecule has 0 radical (unpaired) electrons. The van der Waals surface area contributed by atoms with Crippen LogP contribution in [0.4, 0.5) is 5.69 Å². The highest BCUT2D eigenvalue weighted by Gasteiger charge is 2.31. The minimum absolute atomic E-state index is 0.190. The molecule has 3 rings (SSSR count). The van der Waals surface area contributed by atoms with E-state index in [9.17, 15) is 9.59 Å². The number of anilines is 1. The standard InChI is InChI=1S/C17H16N2O2/c18-10-9-12-5-7-14(8-6-12)19-16(20)11-13-3-1-2-4-15(13)17(19)21/h1-8H,9-11,18H2. The fraction of sp³-hybridized carbons (Fsp3) is 0.176. The topological polar surface area (TPSA) is 63.4 Å². The van der Waals surface area contributed by atoms with Gasteiger partial charge < -0.3 is 5.73 Å². The number of nitrogens with zero attached hydrogens (tertiary/aromatic N) is 1. The zero-order chi connectivity index (χ0) is 14.8. The number of carbonyl (C=O) groups excluding carboxylic acids is 2. The van der Waals surface area contributed by atoms with Crippen molar-refractivity contribution >= 4 is 17.5 Å². The predicted octanol–water partition coefficient (Wildman–Crippen LogP) is 1.92. The normalized spacial score (nSPS) is 14.2. The maximum Gasteiger partial charge on any atom is 0.265 e. The molecule has 0 saturated carbocycles. The molecule has 2 aromatic carbocycles. The number of carbonyl (C=O) groups is 2. The quantitative estimate of drug-likeness (QED) is 0.874. The summed E-state index contributed by atoms with van der Waals surface area (Å²) < 4.78 is 0.